The molecule has 10 heteroatoms. The SMILES string of the molecule is CCS(=O)(=O)C1CSCCN1c1nc(Cl)nc(Cl)n1. The zero-order chi connectivity index (χ0) is 14.0. The highest BCUT2D eigenvalue weighted by Gasteiger charge is 2.34. The van der Waals surface area contributed by atoms with Crippen LogP contribution in [-0.2, 0) is 9.84 Å². The predicted octanol–water partition coefficient (Wildman–Crippen LogP) is 1.49. The summed E-state index contributed by atoms with van der Waals surface area (Å²) >= 11 is 13.1. The molecule has 1 unspecified atom stereocenters. The van der Waals surface area contributed by atoms with Crippen molar-refractivity contribution in [3.63, 3.8) is 0 Å². The summed E-state index contributed by atoms with van der Waals surface area (Å²) in [6.45, 7) is 2.16. The van der Waals surface area contributed by atoms with Gasteiger partial charge in [-0.2, -0.15) is 26.7 Å². The van der Waals surface area contributed by atoms with E-state index in [9.17, 15) is 8.42 Å². The molecule has 1 aliphatic rings. The molecule has 0 saturated carbocycles. The van der Waals surface area contributed by atoms with Crippen molar-refractivity contribution in [1.82, 2.24) is 15.0 Å². The van der Waals surface area contributed by atoms with E-state index in [-0.39, 0.29) is 22.3 Å². The molecule has 0 radical (unpaired) electrons. The average Bonchev–Trinajstić information content (AvgIpc) is 2.37. The van der Waals surface area contributed by atoms with Gasteiger partial charge in [0.05, 0.1) is 0 Å². The van der Waals surface area contributed by atoms with E-state index in [2.05, 4.69) is 15.0 Å². The second kappa shape index (κ2) is 5.99. The minimum absolute atomic E-state index is 0.0409. The van der Waals surface area contributed by atoms with Crippen LogP contribution in [-0.4, -0.2) is 52.5 Å². The van der Waals surface area contributed by atoms with Gasteiger partial charge in [-0.15, -0.1) is 0 Å². The van der Waals surface area contributed by atoms with E-state index in [1.165, 1.54) is 0 Å². The maximum absolute atomic E-state index is 12.1. The molecular formula is C9H12Cl2N4O2S2. The molecular weight excluding hydrogens is 331 g/mol. The number of hydrogen-bond acceptors (Lipinski definition) is 7. The summed E-state index contributed by atoms with van der Waals surface area (Å²) in [4.78, 5) is 13.2. The van der Waals surface area contributed by atoms with Crippen LogP contribution in [0.4, 0.5) is 5.95 Å². The molecule has 1 aromatic heterocycles. The Morgan fingerprint density at radius 3 is 2.53 bits per heavy atom. The van der Waals surface area contributed by atoms with Crippen molar-refractivity contribution < 1.29 is 8.42 Å². The molecule has 0 amide bonds. The molecule has 1 saturated heterocycles. The highest BCUT2D eigenvalue weighted by molar-refractivity contribution is 8.01. The van der Waals surface area contributed by atoms with Crippen LogP contribution in [0.3, 0.4) is 0 Å². The van der Waals surface area contributed by atoms with Gasteiger partial charge in [-0.1, -0.05) is 6.92 Å². The second-order valence-electron chi connectivity index (χ2n) is 3.85. The fraction of sp³-hybridized carbons (Fsp3) is 0.667. The maximum Gasteiger partial charge on any atom is 0.232 e. The fourth-order valence-corrected chi connectivity index (χ4v) is 5.06. The summed E-state index contributed by atoms with van der Waals surface area (Å²) in [5, 5.41) is -0.729. The lowest BCUT2D eigenvalue weighted by molar-refractivity contribution is 0.577. The topological polar surface area (TPSA) is 76.1 Å². The summed E-state index contributed by atoms with van der Waals surface area (Å²) in [5.41, 5.74) is 0. The molecule has 6 nitrogen and oxygen atoms in total. The third-order valence-electron chi connectivity index (χ3n) is 2.73. The van der Waals surface area contributed by atoms with Crippen LogP contribution in [0.5, 0.6) is 0 Å². The smallest absolute Gasteiger partial charge is 0.232 e. The van der Waals surface area contributed by atoms with Crippen molar-refractivity contribution in [1.29, 1.82) is 0 Å². The lowest BCUT2D eigenvalue weighted by Crippen LogP contribution is -2.48. The normalized spacial score (nSPS) is 20.6. The van der Waals surface area contributed by atoms with Crippen LogP contribution in [0, 0.1) is 0 Å². The molecule has 106 valence electrons. The number of halogens is 2. The zero-order valence-electron chi connectivity index (χ0n) is 10.1. The van der Waals surface area contributed by atoms with Crippen molar-refractivity contribution >= 4 is 50.7 Å². The largest absolute Gasteiger partial charge is 0.322 e. The Balaban J connectivity index is 2.39. The third kappa shape index (κ3) is 3.42. The van der Waals surface area contributed by atoms with Crippen LogP contribution in [0.25, 0.3) is 0 Å². The second-order valence-corrected chi connectivity index (χ2v) is 8.12. The summed E-state index contributed by atoms with van der Waals surface area (Å²) in [6.07, 6.45) is 0. The molecule has 19 heavy (non-hydrogen) atoms. The molecule has 1 atom stereocenters. The number of anilines is 1. The number of rotatable bonds is 3. The number of aromatic nitrogens is 3. The van der Waals surface area contributed by atoms with Gasteiger partial charge in [0, 0.05) is 23.8 Å². The Morgan fingerprint density at radius 1 is 1.32 bits per heavy atom. The van der Waals surface area contributed by atoms with Crippen LogP contribution >= 0.6 is 35.0 Å². The van der Waals surface area contributed by atoms with E-state index in [1.807, 2.05) is 0 Å². The number of nitrogens with zero attached hydrogens (tertiary/aromatic N) is 4. The molecule has 0 bridgehead atoms. The van der Waals surface area contributed by atoms with Crippen molar-refractivity contribution in [2.24, 2.45) is 0 Å². The Labute approximate surface area is 125 Å². The van der Waals surface area contributed by atoms with Crippen molar-refractivity contribution in [3.05, 3.63) is 10.6 Å². The molecule has 0 spiro atoms. The lowest BCUT2D eigenvalue weighted by atomic mass is 10.5. The summed E-state index contributed by atoms with van der Waals surface area (Å²) < 4.78 is 24.2. The molecule has 2 rings (SSSR count). The van der Waals surface area contributed by atoms with Gasteiger partial charge in [0.2, 0.25) is 16.5 Å². The Hall–Kier alpha value is -0.310. The van der Waals surface area contributed by atoms with Crippen molar-refractivity contribution in [2.45, 2.75) is 12.3 Å². The number of hydrogen-bond donors (Lipinski definition) is 0. The molecule has 1 fully saturated rings. The van der Waals surface area contributed by atoms with Crippen molar-refractivity contribution in [3.8, 4) is 0 Å². The van der Waals surface area contributed by atoms with Gasteiger partial charge in [0.25, 0.3) is 0 Å². The van der Waals surface area contributed by atoms with Crippen molar-refractivity contribution in [2.75, 3.05) is 28.7 Å². The van der Waals surface area contributed by atoms with Gasteiger partial charge < -0.3 is 4.90 Å². The Morgan fingerprint density at radius 2 is 1.95 bits per heavy atom. The van der Waals surface area contributed by atoms with E-state index < -0.39 is 15.2 Å². The van der Waals surface area contributed by atoms with E-state index >= 15 is 0 Å². The third-order valence-corrected chi connectivity index (χ3v) is 6.35. The first-order valence-electron chi connectivity index (χ1n) is 5.57. The predicted molar refractivity (Wildman–Crippen MR) is 77.8 cm³/mol. The fourth-order valence-electron chi connectivity index (χ4n) is 1.74. The van der Waals surface area contributed by atoms with Gasteiger partial charge in [-0.25, -0.2) is 8.42 Å². The van der Waals surface area contributed by atoms with Crippen LogP contribution in [0.2, 0.25) is 10.6 Å². The summed E-state index contributed by atoms with van der Waals surface area (Å²) in [7, 11) is -3.23. The minimum Gasteiger partial charge on any atom is -0.322 e. The lowest BCUT2D eigenvalue weighted by Gasteiger charge is -2.34. The van der Waals surface area contributed by atoms with Gasteiger partial charge >= 0.3 is 0 Å². The number of sulfone groups is 1. The van der Waals surface area contributed by atoms with E-state index in [4.69, 9.17) is 23.2 Å². The van der Waals surface area contributed by atoms with Gasteiger partial charge in [-0.3, -0.25) is 0 Å². The molecule has 0 aliphatic carbocycles. The molecule has 1 aliphatic heterocycles. The zero-order valence-corrected chi connectivity index (χ0v) is 13.2. The monoisotopic (exact) mass is 342 g/mol. The summed E-state index contributed by atoms with van der Waals surface area (Å²) in [5.74, 6) is 1.57. The van der Waals surface area contributed by atoms with Gasteiger partial charge in [-0.05, 0) is 23.2 Å². The standard InChI is InChI=1S/C9H12Cl2N4O2S2/c1-2-19(16,17)6-5-18-4-3-15(6)9-13-7(10)12-8(11)14-9/h6H,2-5H2,1H3. The van der Waals surface area contributed by atoms with E-state index in [0.29, 0.717) is 12.3 Å². The minimum atomic E-state index is -3.23. The van der Waals surface area contributed by atoms with Crippen LogP contribution in [0.1, 0.15) is 6.92 Å². The first-order valence-corrected chi connectivity index (χ1v) is 9.19. The quantitative estimate of drug-likeness (QED) is 0.823. The van der Waals surface area contributed by atoms with E-state index in [1.54, 1.807) is 23.6 Å². The average molecular weight is 343 g/mol. The Bertz CT molecular complexity index is 549. The van der Waals surface area contributed by atoms with Crippen LogP contribution < -0.4 is 4.90 Å². The maximum atomic E-state index is 12.1. The highest BCUT2D eigenvalue weighted by Crippen LogP contribution is 2.26. The Kier molecular flexibility index (Phi) is 4.75. The van der Waals surface area contributed by atoms with Gasteiger partial charge in [0.15, 0.2) is 9.84 Å². The van der Waals surface area contributed by atoms with E-state index in [0.717, 1.165) is 5.75 Å². The van der Waals surface area contributed by atoms with Gasteiger partial charge in [0.1, 0.15) is 5.37 Å². The summed E-state index contributed by atoms with van der Waals surface area (Å²) in [6, 6.07) is 0. The molecule has 1 aromatic rings. The molecule has 0 N–H and O–H groups in total. The first-order chi connectivity index (χ1) is 8.94. The molecule has 0 aromatic carbocycles. The highest BCUT2D eigenvalue weighted by atomic mass is 35.5. The molecule has 2 heterocycles. The first kappa shape index (κ1) is 15.1. The van der Waals surface area contributed by atoms with Crippen LogP contribution in [0.15, 0.2) is 0 Å². The number of thioether (sulfide) groups is 1.